The van der Waals surface area contributed by atoms with Crippen molar-refractivity contribution in [2.75, 3.05) is 7.05 Å². The van der Waals surface area contributed by atoms with Crippen LogP contribution in [0.3, 0.4) is 0 Å². The van der Waals surface area contributed by atoms with Crippen molar-refractivity contribution in [3.63, 3.8) is 0 Å². The van der Waals surface area contributed by atoms with Gasteiger partial charge in [-0.15, -0.1) is 0 Å². The summed E-state index contributed by atoms with van der Waals surface area (Å²) in [4.78, 5) is 0. The molecule has 0 saturated heterocycles. The minimum Gasteiger partial charge on any atom is -0.299 e. The molecule has 0 bridgehead atoms. The van der Waals surface area contributed by atoms with Gasteiger partial charge in [0.15, 0.2) is 0 Å². The van der Waals surface area contributed by atoms with Gasteiger partial charge in [-0.2, -0.15) is 5.26 Å². The first-order chi connectivity index (χ1) is 6.53. The van der Waals surface area contributed by atoms with E-state index in [1.807, 2.05) is 0 Å². The predicted molar refractivity (Wildman–Crippen MR) is 53.4 cm³/mol. The highest BCUT2D eigenvalue weighted by Crippen LogP contribution is 2.27. The first kappa shape index (κ1) is 11.0. The summed E-state index contributed by atoms with van der Waals surface area (Å²) in [6.45, 7) is 1.69. The second-order valence-corrected chi connectivity index (χ2v) is 3.52. The highest BCUT2D eigenvalue weighted by atomic mass is 35.5. The van der Waals surface area contributed by atoms with E-state index in [0.29, 0.717) is 5.56 Å². The topological polar surface area (TPSA) is 35.8 Å². The molecule has 0 aromatic heterocycles. The number of nitrogens with zero attached hydrogens (tertiary/aromatic N) is 1. The lowest BCUT2D eigenvalue weighted by Crippen LogP contribution is -2.35. The van der Waals surface area contributed by atoms with Crippen LogP contribution in [0, 0.1) is 17.1 Å². The summed E-state index contributed by atoms with van der Waals surface area (Å²) in [7, 11) is 1.66. The fourth-order valence-corrected chi connectivity index (χ4v) is 1.50. The number of hydrogen-bond acceptors (Lipinski definition) is 2. The summed E-state index contributed by atoms with van der Waals surface area (Å²) in [5.41, 5.74) is -0.310. The highest BCUT2D eigenvalue weighted by Gasteiger charge is 2.26. The Hall–Kier alpha value is -1.11. The molecule has 1 aromatic rings. The maximum Gasteiger partial charge on any atom is 0.130 e. The molecule has 1 atom stereocenters. The Balaban J connectivity index is 3.26. The van der Waals surface area contributed by atoms with Crippen molar-refractivity contribution in [1.29, 1.82) is 5.26 Å². The minimum absolute atomic E-state index is 0.253. The first-order valence-electron chi connectivity index (χ1n) is 4.09. The number of benzene rings is 1. The number of nitriles is 1. The van der Waals surface area contributed by atoms with E-state index in [-0.39, 0.29) is 5.02 Å². The average molecular weight is 213 g/mol. The van der Waals surface area contributed by atoms with Crippen LogP contribution in [0.1, 0.15) is 12.5 Å². The molecule has 0 spiro atoms. The quantitative estimate of drug-likeness (QED) is 0.818. The second-order valence-electron chi connectivity index (χ2n) is 3.11. The van der Waals surface area contributed by atoms with Crippen molar-refractivity contribution < 1.29 is 4.39 Å². The number of rotatable bonds is 2. The summed E-state index contributed by atoms with van der Waals surface area (Å²) in [6, 6.07) is 6.08. The van der Waals surface area contributed by atoms with Gasteiger partial charge in [0.2, 0.25) is 0 Å². The van der Waals surface area contributed by atoms with Crippen molar-refractivity contribution in [2.45, 2.75) is 12.5 Å². The molecule has 14 heavy (non-hydrogen) atoms. The number of nitrogens with one attached hydrogen (secondary N) is 1. The second kappa shape index (κ2) is 3.95. The molecule has 0 aliphatic carbocycles. The van der Waals surface area contributed by atoms with Crippen LogP contribution in [-0.2, 0) is 5.54 Å². The van der Waals surface area contributed by atoms with E-state index in [0.717, 1.165) is 0 Å². The molecular weight excluding hydrogens is 203 g/mol. The molecule has 0 aliphatic heterocycles. The molecule has 1 aromatic carbocycles. The van der Waals surface area contributed by atoms with Crippen LogP contribution >= 0.6 is 11.6 Å². The zero-order chi connectivity index (χ0) is 10.8. The summed E-state index contributed by atoms with van der Waals surface area (Å²) >= 11 is 5.84. The van der Waals surface area contributed by atoms with Crippen LogP contribution in [0.25, 0.3) is 0 Å². The third kappa shape index (κ3) is 1.87. The summed E-state index contributed by atoms with van der Waals surface area (Å²) in [5, 5.41) is 12.1. The number of hydrogen-bond donors (Lipinski definition) is 1. The standard InChI is InChI=1S/C10H10ClFN2/c1-10(6-13,14-2)8-4-3-7(12)5-9(8)11/h3-5,14H,1-2H3. The molecule has 0 amide bonds. The van der Waals surface area contributed by atoms with E-state index in [1.165, 1.54) is 18.2 Å². The molecule has 0 aliphatic rings. The summed E-state index contributed by atoms with van der Waals surface area (Å²) in [6.07, 6.45) is 0. The fraction of sp³-hybridized carbons (Fsp3) is 0.300. The van der Waals surface area contributed by atoms with Crippen molar-refractivity contribution in [1.82, 2.24) is 5.32 Å². The summed E-state index contributed by atoms with van der Waals surface area (Å²) in [5.74, 6) is -0.407. The van der Waals surface area contributed by atoms with Crippen LogP contribution in [0.15, 0.2) is 18.2 Å². The molecule has 0 saturated carbocycles. The van der Waals surface area contributed by atoms with Crippen LogP contribution in [-0.4, -0.2) is 7.05 Å². The van der Waals surface area contributed by atoms with Gasteiger partial charge in [0.25, 0.3) is 0 Å². The van der Waals surface area contributed by atoms with E-state index in [9.17, 15) is 4.39 Å². The predicted octanol–water partition coefficient (Wildman–Crippen LogP) is 2.44. The SMILES string of the molecule is CNC(C)(C#N)c1ccc(F)cc1Cl. The Morgan fingerprint density at radius 2 is 2.21 bits per heavy atom. The molecule has 1 unspecified atom stereocenters. The van der Waals surface area contributed by atoms with E-state index in [1.54, 1.807) is 14.0 Å². The van der Waals surface area contributed by atoms with Gasteiger partial charge in [0.1, 0.15) is 11.4 Å². The number of halogens is 2. The first-order valence-corrected chi connectivity index (χ1v) is 4.47. The van der Waals surface area contributed by atoms with E-state index >= 15 is 0 Å². The monoisotopic (exact) mass is 212 g/mol. The molecule has 0 fully saturated rings. The molecule has 0 radical (unpaired) electrons. The van der Waals surface area contributed by atoms with Gasteiger partial charge < -0.3 is 0 Å². The summed E-state index contributed by atoms with van der Waals surface area (Å²) < 4.78 is 12.8. The molecule has 0 heterocycles. The van der Waals surface area contributed by atoms with E-state index < -0.39 is 11.4 Å². The fourth-order valence-electron chi connectivity index (χ4n) is 1.15. The van der Waals surface area contributed by atoms with Gasteiger partial charge in [-0.05, 0) is 26.1 Å². The van der Waals surface area contributed by atoms with Crippen LogP contribution in [0.5, 0.6) is 0 Å². The maximum atomic E-state index is 12.8. The Bertz CT molecular complexity index is 386. The lowest BCUT2D eigenvalue weighted by atomic mass is 9.94. The smallest absolute Gasteiger partial charge is 0.130 e. The molecule has 1 N–H and O–H groups in total. The normalized spacial score (nSPS) is 14.5. The van der Waals surface area contributed by atoms with Crippen molar-refractivity contribution in [3.05, 3.63) is 34.6 Å². The average Bonchev–Trinajstić information content (AvgIpc) is 2.17. The lowest BCUT2D eigenvalue weighted by molar-refractivity contribution is 0.516. The van der Waals surface area contributed by atoms with Gasteiger partial charge in [-0.3, -0.25) is 5.32 Å². The molecule has 4 heteroatoms. The largest absolute Gasteiger partial charge is 0.299 e. The van der Waals surface area contributed by atoms with Gasteiger partial charge in [-0.25, -0.2) is 4.39 Å². The molecule has 74 valence electrons. The van der Waals surface area contributed by atoms with Crippen LogP contribution < -0.4 is 5.32 Å². The van der Waals surface area contributed by atoms with Gasteiger partial charge in [0, 0.05) is 10.6 Å². The van der Waals surface area contributed by atoms with Crippen molar-refractivity contribution in [2.24, 2.45) is 0 Å². The molecule has 1 rings (SSSR count). The third-order valence-corrected chi connectivity index (χ3v) is 2.51. The Labute approximate surface area is 87.3 Å². The Kier molecular flexibility index (Phi) is 3.10. The maximum absolute atomic E-state index is 12.8. The Morgan fingerprint density at radius 3 is 2.64 bits per heavy atom. The molecule has 2 nitrogen and oxygen atoms in total. The minimum atomic E-state index is -0.884. The third-order valence-electron chi connectivity index (χ3n) is 2.19. The zero-order valence-corrected chi connectivity index (χ0v) is 8.69. The van der Waals surface area contributed by atoms with Crippen molar-refractivity contribution >= 4 is 11.6 Å². The molecular formula is C10H10ClFN2. The lowest BCUT2D eigenvalue weighted by Gasteiger charge is -2.22. The Morgan fingerprint density at radius 1 is 1.57 bits per heavy atom. The van der Waals surface area contributed by atoms with Gasteiger partial charge in [0.05, 0.1) is 6.07 Å². The highest BCUT2D eigenvalue weighted by molar-refractivity contribution is 6.31. The van der Waals surface area contributed by atoms with E-state index in [2.05, 4.69) is 11.4 Å². The van der Waals surface area contributed by atoms with Crippen LogP contribution in [0.2, 0.25) is 5.02 Å². The zero-order valence-electron chi connectivity index (χ0n) is 7.94. The van der Waals surface area contributed by atoms with Crippen molar-refractivity contribution in [3.8, 4) is 6.07 Å². The van der Waals surface area contributed by atoms with E-state index in [4.69, 9.17) is 16.9 Å². The van der Waals surface area contributed by atoms with Gasteiger partial charge in [-0.1, -0.05) is 17.7 Å². The van der Waals surface area contributed by atoms with Crippen LogP contribution in [0.4, 0.5) is 4.39 Å². The van der Waals surface area contributed by atoms with Gasteiger partial charge >= 0.3 is 0 Å².